The van der Waals surface area contributed by atoms with Crippen molar-refractivity contribution in [3.8, 4) is 27.2 Å². The van der Waals surface area contributed by atoms with Crippen LogP contribution >= 0.6 is 11.3 Å². The second kappa shape index (κ2) is 5.28. The van der Waals surface area contributed by atoms with Crippen LogP contribution in [0.2, 0.25) is 0 Å². The molecule has 4 rings (SSSR count). The largest absolute Gasteiger partial charge is 0.247 e. The highest BCUT2D eigenvalue weighted by Crippen LogP contribution is 2.47. The second-order valence-electron chi connectivity index (χ2n) is 5.95. The monoisotopic (exact) mass is 321 g/mol. The van der Waals surface area contributed by atoms with Gasteiger partial charge < -0.3 is 0 Å². The van der Waals surface area contributed by atoms with E-state index >= 15 is 0 Å². The zero-order valence-corrected chi connectivity index (χ0v) is 13.7. The average molecular weight is 321 g/mol. The van der Waals surface area contributed by atoms with Crippen LogP contribution in [0, 0.1) is 25.2 Å². The van der Waals surface area contributed by atoms with E-state index in [0.717, 1.165) is 34.0 Å². The van der Waals surface area contributed by atoms with E-state index in [1.54, 1.807) is 11.3 Å². The van der Waals surface area contributed by atoms with Gasteiger partial charge in [-0.05, 0) is 43.9 Å². The Bertz CT molecular complexity index is 927. The maximum Gasteiger partial charge on any atom is 0.164 e. The molecule has 1 aliphatic carbocycles. The van der Waals surface area contributed by atoms with E-state index in [2.05, 4.69) is 53.5 Å². The van der Waals surface area contributed by atoms with E-state index < -0.39 is 0 Å². The van der Waals surface area contributed by atoms with Gasteiger partial charge in [0, 0.05) is 11.5 Å². The minimum Gasteiger partial charge on any atom is -0.247 e. The number of aromatic nitrogens is 4. The summed E-state index contributed by atoms with van der Waals surface area (Å²) in [7, 11) is 0. The molecule has 0 spiro atoms. The zero-order valence-electron chi connectivity index (χ0n) is 12.9. The SMILES string of the molecule is Cc1ccc(-c2nc(C3CC3)c(-c3nn[nH]c3C#N)s2)cc1C. The third-order valence-corrected chi connectivity index (χ3v) is 5.37. The molecule has 114 valence electrons. The van der Waals surface area contributed by atoms with Crippen molar-refractivity contribution in [2.24, 2.45) is 0 Å². The van der Waals surface area contributed by atoms with E-state index in [-0.39, 0.29) is 0 Å². The van der Waals surface area contributed by atoms with Crippen LogP contribution in [0.25, 0.3) is 21.1 Å². The summed E-state index contributed by atoms with van der Waals surface area (Å²) in [6, 6.07) is 8.52. The highest BCUT2D eigenvalue weighted by Gasteiger charge is 2.32. The zero-order chi connectivity index (χ0) is 16.0. The summed E-state index contributed by atoms with van der Waals surface area (Å²) in [5.41, 5.74) is 5.74. The molecular weight excluding hydrogens is 306 g/mol. The normalized spacial score (nSPS) is 14.0. The minimum absolute atomic E-state index is 0.405. The van der Waals surface area contributed by atoms with Crippen molar-refractivity contribution in [2.45, 2.75) is 32.6 Å². The van der Waals surface area contributed by atoms with Crippen molar-refractivity contribution in [3.63, 3.8) is 0 Å². The molecule has 23 heavy (non-hydrogen) atoms. The minimum atomic E-state index is 0.405. The van der Waals surface area contributed by atoms with Crippen LogP contribution in [0.5, 0.6) is 0 Å². The Morgan fingerprint density at radius 3 is 2.78 bits per heavy atom. The Labute approximate surface area is 138 Å². The molecule has 0 unspecified atom stereocenters. The molecule has 1 fully saturated rings. The van der Waals surface area contributed by atoms with Gasteiger partial charge in [-0.2, -0.15) is 5.26 Å². The van der Waals surface area contributed by atoms with Crippen molar-refractivity contribution in [3.05, 3.63) is 40.7 Å². The van der Waals surface area contributed by atoms with Crippen molar-refractivity contribution in [2.75, 3.05) is 0 Å². The Morgan fingerprint density at radius 2 is 2.09 bits per heavy atom. The molecule has 1 N–H and O–H groups in total. The van der Waals surface area contributed by atoms with E-state index in [1.165, 1.54) is 11.1 Å². The van der Waals surface area contributed by atoms with Crippen LogP contribution in [0.1, 0.15) is 41.3 Å². The molecule has 3 aromatic rings. The Balaban J connectivity index is 1.86. The number of benzene rings is 1. The summed E-state index contributed by atoms with van der Waals surface area (Å²) >= 11 is 1.60. The first kappa shape index (κ1) is 14.1. The van der Waals surface area contributed by atoms with Gasteiger partial charge in [0.2, 0.25) is 0 Å². The molecule has 1 aromatic carbocycles. The van der Waals surface area contributed by atoms with E-state index in [4.69, 9.17) is 4.98 Å². The fraction of sp³-hybridized carbons (Fsp3) is 0.294. The van der Waals surface area contributed by atoms with Gasteiger partial charge >= 0.3 is 0 Å². The fourth-order valence-corrected chi connectivity index (χ4v) is 3.74. The third-order valence-electron chi connectivity index (χ3n) is 4.25. The number of nitrogens with zero attached hydrogens (tertiary/aromatic N) is 4. The first-order valence-electron chi connectivity index (χ1n) is 7.57. The number of hydrogen-bond acceptors (Lipinski definition) is 5. The molecule has 0 saturated heterocycles. The number of aryl methyl sites for hydroxylation is 2. The summed E-state index contributed by atoms with van der Waals surface area (Å²) in [5.74, 6) is 0.491. The molecule has 2 heterocycles. The molecule has 1 aliphatic rings. The van der Waals surface area contributed by atoms with Crippen molar-refractivity contribution in [1.29, 1.82) is 5.26 Å². The topological polar surface area (TPSA) is 78.2 Å². The standard InChI is InChI=1S/C17H15N5S/c1-9-3-4-12(7-10(9)2)17-19-14(11-5-6-11)16(23-17)15-13(8-18)20-22-21-15/h3-4,7,11H,5-6H2,1-2H3,(H,20,21,22). The van der Waals surface area contributed by atoms with Crippen LogP contribution in [-0.2, 0) is 0 Å². The van der Waals surface area contributed by atoms with Crippen LogP contribution in [-0.4, -0.2) is 20.4 Å². The van der Waals surface area contributed by atoms with Gasteiger partial charge in [-0.15, -0.1) is 16.4 Å². The average Bonchev–Trinajstić information content (AvgIpc) is 3.12. The summed E-state index contributed by atoms with van der Waals surface area (Å²) in [5, 5.41) is 20.8. The molecule has 2 aromatic heterocycles. The molecule has 0 bridgehead atoms. The lowest BCUT2D eigenvalue weighted by atomic mass is 10.1. The van der Waals surface area contributed by atoms with Gasteiger partial charge in [-0.3, -0.25) is 0 Å². The number of H-pyrrole nitrogens is 1. The fourth-order valence-electron chi connectivity index (χ4n) is 2.60. The molecule has 0 atom stereocenters. The molecule has 0 radical (unpaired) electrons. The highest BCUT2D eigenvalue weighted by molar-refractivity contribution is 7.18. The smallest absolute Gasteiger partial charge is 0.164 e. The first-order valence-corrected chi connectivity index (χ1v) is 8.39. The van der Waals surface area contributed by atoms with E-state index in [0.29, 0.717) is 17.3 Å². The summed E-state index contributed by atoms with van der Waals surface area (Å²) in [4.78, 5) is 5.85. The van der Waals surface area contributed by atoms with Crippen LogP contribution in [0.4, 0.5) is 0 Å². The maximum absolute atomic E-state index is 9.23. The van der Waals surface area contributed by atoms with Crippen molar-refractivity contribution >= 4 is 11.3 Å². The van der Waals surface area contributed by atoms with E-state index in [1.807, 2.05) is 0 Å². The molecule has 0 aliphatic heterocycles. The first-order chi connectivity index (χ1) is 11.2. The lowest BCUT2D eigenvalue weighted by Gasteiger charge is -2.01. The van der Waals surface area contributed by atoms with Gasteiger partial charge in [0.25, 0.3) is 0 Å². The molecular formula is C17H15N5S. The van der Waals surface area contributed by atoms with Crippen LogP contribution in [0.15, 0.2) is 18.2 Å². The number of rotatable bonds is 3. The second-order valence-corrected chi connectivity index (χ2v) is 6.95. The number of nitriles is 1. The Hall–Kier alpha value is -2.52. The molecule has 0 amide bonds. The number of aromatic amines is 1. The lowest BCUT2D eigenvalue weighted by molar-refractivity contribution is 0.936. The number of hydrogen-bond donors (Lipinski definition) is 1. The third kappa shape index (κ3) is 2.43. The predicted octanol–water partition coefficient (Wildman–Crippen LogP) is 3.96. The number of thiazole rings is 1. The van der Waals surface area contributed by atoms with Crippen molar-refractivity contribution in [1.82, 2.24) is 20.4 Å². The highest BCUT2D eigenvalue weighted by atomic mass is 32.1. The van der Waals surface area contributed by atoms with Crippen molar-refractivity contribution < 1.29 is 0 Å². The summed E-state index contributed by atoms with van der Waals surface area (Å²) in [6.45, 7) is 4.22. The van der Waals surface area contributed by atoms with Gasteiger partial charge in [0.1, 0.15) is 16.8 Å². The van der Waals surface area contributed by atoms with Gasteiger partial charge in [0.05, 0.1) is 10.6 Å². The summed E-state index contributed by atoms with van der Waals surface area (Å²) in [6.07, 6.45) is 2.31. The maximum atomic E-state index is 9.23. The molecule has 5 nitrogen and oxygen atoms in total. The van der Waals surface area contributed by atoms with Gasteiger partial charge in [0.15, 0.2) is 5.69 Å². The van der Waals surface area contributed by atoms with Crippen LogP contribution in [0.3, 0.4) is 0 Å². The quantitative estimate of drug-likeness (QED) is 0.792. The lowest BCUT2D eigenvalue weighted by Crippen LogP contribution is -1.87. The van der Waals surface area contributed by atoms with Crippen LogP contribution < -0.4 is 0 Å². The number of nitrogens with one attached hydrogen (secondary N) is 1. The van der Waals surface area contributed by atoms with E-state index in [9.17, 15) is 5.26 Å². The Kier molecular flexibility index (Phi) is 3.24. The Morgan fingerprint density at radius 1 is 1.26 bits per heavy atom. The van der Waals surface area contributed by atoms with Gasteiger partial charge in [-0.1, -0.05) is 17.3 Å². The van der Waals surface area contributed by atoms with Gasteiger partial charge in [-0.25, -0.2) is 10.1 Å². The molecule has 1 saturated carbocycles. The predicted molar refractivity (Wildman–Crippen MR) is 89.1 cm³/mol. The molecule has 6 heteroatoms. The summed E-state index contributed by atoms with van der Waals surface area (Å²) < 4.78 is 0.